The van der Waals surface area contributed by atoms with Gasteiger partial charge in [0, 0.05) is 11.3 Å². The second kappa shape index (κ2) is 7.45. The Labute approximate surface area is 135 Å². The molecule has 0 N–H and O–H groups in total. The molecule has 0 aliphatic heterocycles. The second-order valence-corrected chi connectivity index (χ2v) is 6.34. The lowest BCUT2D eigenvalue weighted by Gasteiger charge is -2.27. The van der Waals surface area contributed by atoms with E-state index in [9.17, 15) is 4.79 Å². The van der Waals surface area contributed by atoms with Crippen molar-refractivity contribution in [1.29, 1.82) is 0 Å². The summed E-state index contributed by atoms with van der Waals surface area (Å²) in [4.78, 5) is 13.4. The van der Waals surface area contributed by atoms with Gasteiger partial charge in [0.1, 0.15) is 5.75 Å². The Kier molecular flexibility index (Phi) is 5.61. The molecule has 0 amide bonds. The van der Waals surface area contributed by atoms with Crippen LogP contribution in [0.4, 0.5) is 0 Å². The van der Waals surface area contributed by atoms with E-state index in [-0.39, 0.29) is 5.97 Å². The lowest BCUT2D eigenvalue weighted by molar-refractivity contribution is -0.160. The minimum Gasteiger partial charge on any atom is -0.476 e. The van der Waals surface area contributed by atoms with Gasteiger partial charge in [0.25, 0.3) is 0 Å². The van der Waals surface area contributed by atoms with Crippen LogP contribution in [0.3, 0.4) is 0 Å². The van der Waals surface area contributed by atoms with Crippen LogP contribution < -0.4 is 4.74 Å². The first kappa shape index (κ1) is 16.6. The number of benzene rings is 1. The van der Waals surface area contributed by atoms with Crippen LogP contribution >= 0.6 is 11.3 Å². The molecule has 0 spiro atoms. The summed E-state index contributed by atoms with van der Waals surface area (Å²) in [5.74, 6) is 0.368. The van der Waals surface area contributed by atoms with E-state index in [0.29, 0.717) is 18.8 Å². The van der Waals surface area contributed by atoms with Crippen molar-refractivity contribution in [3.8, 4) is 5.75 Å². The molecule has 22 heavy (non-hydrogen) atoms. The highest BCUT2D eigenvalue weighted by molar-refractivity contribution is 7.09. The molecule has 2 aromatic rings. The van der Waals surface area contributed by atoms with Gasteiger partial charge in [0.05, 0.1) is 6.61 Å². The lowest BCUT2D eigenvalue weighted by Crippen LogP contribution is -2.42. The zero-order valence-electron chi connectivity index (χ0n) is 13.3. The monoisotopic (exact) mass is 318 g/mol. The Morgan fingerprint density at radius 1 is 1.18 bits per heavy atom. The third-order valence-corrected chi connectivity index (χ3v) is 4.48. The molecular formula is C18H22O3S. The van der Waals surface area contributed by atoms with Crippen LogP contribution in [-0.2, 0) is 16.0 Å². The van der Waals surface area contributed by atoms with Gasteiger partial charge in [-0.25, -0.2) is 4.79 Å². The first-order valence-corrected chi connectivity index (χ1v) is 8.43. The maximum Gasteiger partial charge on any atom is 0.350 e. The first-order chi connectivity index (χ1) is 10.6. The minimum absolute atomic E-state index is 0.319. The molecule has 1 heterocycles. The van der Waals surface area contributed by atoms with Gasteiger partial charge in [-0.3, -0.25) is 0 Å². The van der Waals surface area contributed by atoms with Crippen molar-refractivity contribution in [2.45, 2.75) is 39.2 Å². The predicted molar refractivity (Wildman–Crippen MR) is 89.5 cm³/mol. The van der Waals surface area contributed by atoms with Gasteiger partial charge in [-0.2, -0.15) is 0 Å². The van der Waals surface area contributed by atoms with Gasteiger partial charge in [-0.1, -0.05) is 25.1 Å². The van der Waals surface area contributed by atoms with Gasteiger partial charge < -0.3 is 9.47 Å². The Bertz CT molecular complexity index is 589. The molecule has 1 aromatic heterocycles. The molecule has 0 radical (unpaired) electrons. The number of carbonyl (C=O) groups is 1. The molecule has 0 fully saturated rings. The molecule has 1 atom stereocenters. The highest BCUT2D eigenvalue weighted by Crippen LogP contribution is 2.24. The van der Waals surface area contributed by atoms with E-state index in [2.05, 4.69) is 17.5 Å². The van der Waals surface area contributed by atoms with E-state index in [0.717, 1.165) is 6.42 Å². The Morgan fingerprint density at radius 2 is 1.91 bits per heavy atom. The fourth-order valence-electron chi connectivity index (χ4n) is 2.09. The first-order valence-electron chi connectivity index (χ1n) is 7.55. The normalized spacial score (nSPS) is 13.4. The molecule has 1 unspecified atom stereocenters. The molecule has 3 nitrogen and oxygen atoms in total. The Hall–Kier alpha value is -1.81. The number of rotatable bonds is 7. The van der Waals surface area contributed by atoms with Gasteiger partial charge >= 0.3 is 5.97 Å². The van der Waals surface area contributed by atoms with Gasteiger partial charge in [0.15, 0.2) is 0 Å². The van der Waals surface area contributed by atoms with Crippen molar-refractivity contribution < 1.29 is 14.3 Å². The van der Waals surface area contributed by atoms with Crippen molar-refractivity contribution in [2.24, 2.45) is 0 Å². The number of hydrogen-bond donors (Lipinski definition) is 0. The fourth-order valence-corrected chi connectivity index (χ4v) is 2.83. The van der Waals surface area contributed by atoms with Crippen molar-refractivity contribution in [1.82, 2.24) is 0 Å². The average Bonchev–Trinajstić information content (AvgIpc) is 3.02. The molecule has 0 aliphatic carbocycles. The number of thiophene rings is 1. The summed E-state index contributed by atoms with van der Waals surface area (Å²) in [6.45, 7) is 5.84. The van der Waals surface area contributed by atoms with Crippen molar-refractivity contribution in [2.75, 3.05) is 6.61 Å². The maximum atomic E-state index is 12.0. The van der Waals surface area contributed by atoms with E-state index in [4.69, 9.17) is 9.47 Å². The zero-order valence-corrected chi connectivity index (χ0v) is 14.1. The largest absolute Gasteiger partial charge is 0.476 e. The van der Waals surface area contributed by atoms with E-state index < -0.39 is 5.60 Å². The molecular weight excluding hydrogens is 296 g/mol. The maximum absolute atomic E-state index is 12.0. The van der Waals surface area contributed by atoms with E-state index in [1.54, 1.807) is 25.2 Å². The molecule has 0 bridgehead atoms. The minimum atomic E-state index is -0.939. The quantitative estimate of drug-likeness (QED) is 0.708. The van der Waals surface area contributed by atoms with Crippen LogP contribution in [0.2, 0.25) is 0 Å². The third kappa shape index (κ3) is 4.10. The Balaban J connectivity index is 2.04. The summed E-state index contributed by atoms with van der Waals surface area (Å²) < 4.78 is 11.0. The van der Waals surface area contributed by atoms with Gasteiger partial charge in [-0.05, 0) is 49.4 Å². The van der Waals surface area contributed by atoms with Crippen molar-refractivity contribution in [3.63, 3.8) is 0 Å². The molecule has 2 rings (SSSR count). The summed E-state index contributed by atoms with van der Waals surface area (Å²) in [6, 6.07) is 12.1. The molecule has 0 saturated heterocycles. The number of hydrogen-bond acceptors (Lipinski definition) is 4. The SMILES string of the molecule is CCOC(=O)C(C)(CC)Oc1ccc(Cc2cccs2)cc1. The van der Waals surface area contributed by atoms with Crippen molar-refractivity contribution in [3.05, 3.63) is 52.2 Å². The van der Waals surface area contributed by atoms with Crippen LogP contribution in [0, 0.1) is 0 Å². The average molecular weight is 318 g/mol. The highest BCUT2D eigenvalue weighted by atomic mass is 32.1. The molecule has 0 saturated carbocycles. The van der Waals surface area contributed by atoms with Crippen molar-refractivity contribution >= 4 is 17.3 Å². The van der Waals surface area contributed by atoms with Crippen LogP contribution in [0.5, 0.6) is 5.75 Å². The topological polar surface area (TPSA) is 35.5 Å². The Morgan fingerprint density at radius 3 is 2.45 bits per heavy atom. The van der Waals surface area contributed by atoms with Gasteiger partial charge in [-0.15, -0.1) is 11.3 Å². The number of carbonyl (C=O) groups excluding carboxylic acids is 1. The van der Waals surface area contributed by atoms with E-state index >= 15 is 0 Å². The smallest absolute Gasteiger partial charge is 0.350 e. The highest BCUT2D eigenvalue weighted by Gasteiger charge is 2.35. The van der Waals surface area contributed by atoms with Crippen LogP contribution in [-0.4, -0.2) is 18.2 Å². The summed E-state index contributed by atoms with van der Waals surface area (Å²) >= 11 is 1.75. The zero-order chi connectivity index (χ0) is 16.0. The number of ether oxygens (including phenoxy) is 2. The molecule has 1 aromatic carbocycles. The molecule has 0 aliphatic rings. The molecule has 4 heteroatoms. The van der Waals surface area contributed by atoms with Gasteiger partial charge in [0.2, 0.25) is 5.60 Å². The summed E-state index contributed by atoms with van der Waals surface area (Å²) in [6.07, 6.45) is 1.48. The lowest BCUT2D eigenvalue weighted by atomic mass is 10.0. The number of esters is 1. The van der Waals surface area contributed by atoms with Crippen LogP contribution in [0.25, 0.3) is 0 Å². The van der Waals surface area contributed by atoms with E-state index in [1.165, 1.54) is 10.4 Å². The summed E-state index contributed by atoms with van der Waals surface area (Å²) in [5, 5.41) is 2.08. The van der Waals surface area contributed by atoms with Crippen LogP contribution in [0.1, 0.15) is 37.6 Å². The standard InChI is InChI=1S/C18H22O3S/c1-4-18(3,17(19)20-5-2)21-15-10-8-14(9-11-15)13-16-7-6-12-22-16/h6-12H,4-5,13H2,1-3H3. The van der Waals surface area contributed by atoms with E-state index in [1.807, 2.05) is 31.2 Å². The second-order valence-electron chi connectivity index (χ2n) is 5.31. The molecule has 118 valence electrons. The predicted octanol–water partition coefficient (Wildman–Crippen LogP) is 4.45. The third-order valence-electron chi connectivity index (χ3n) is 3.61. The summed E-state index contributed by atoms with van der Waals surface area (Å²) in [7, 11) is 0. The fraction of sp³-hybridized carbons (Fsp3) is 0.389. The van der Waals surface area contributed by atoms with Crippen LogP contribution in [0.15, 0.2) is 41.8 Å². The summed E-state index contributed by atoms with van der Waals surface area (Å²) in [5.41, 5.74) is 0.287.